The lowest BCUT2D eigenvalue weighted by molar-refractivity contribution is 0.0955. The van der Waals surface area contributed by atoms with Gasteiger partial charge in [0, 0.05) is 11.4 Å². The van der Waals surface area contributed by atoms with Crippen LogP contribution in [-0.2, 0) is 0 Å². The summed E-state index contributed by atoms with van der Waals surface area (Å²) >= 11 is 4.77. The summed E-state index contributed by atoms with van der Waals surface area (Å²) in [5.41, 5.74) is 0.696. The molecule has 0 bridgehead atoms. The Hall–Kier alpha value is -0.490. The summed E-state index contributed by atoms with van der Waals surface area (Å²) in [5, 5.41) is 6.75. The molecule has 0 saturated carbocycles. The van der Waals surface area contributed by atoms with Crippen LogP contribution in [0.25, 0.3) is 0 Å². The zero-order valence-electron chi connectivity index (χ0n) is 10.4. The van der Waals surface area contributed by atoms with Gasteiger partial charge in [0.05, 0.1) is 5.69 Å². The van der Waals surface area contributed by atoms with Crippen molar-refractivity contribution in [2.24, 2.45) is 5.92 Å². The van der Waals surface area contributed by atoms with Gasteiger partial charge >= 0.3 is 0 Å². The number of rotatable bonds is 6. The molecule has 0 aliphatic heterocycles. The SMILES string of the molecule is CCC(CC)C(Br)CNC(=O)c1snnc1C. The molecule has 0 aliphatic rings. The average molecular weight is 320 g/mol. The van der Waals surface area contributed by atoms with Gasteiger partial charge in [-0.2, -0.15) is 0 Å². The molecule has 6 heteroatoms. The number of hydrogen-bond acceptors (Lipinski definition) is 4. The van der Waals surface area contributed by atoms with Crippen LogP contribution in [0.4, 0.5) is 0 Å². The molecule has 0 aromatic carbocycles. The topological polar surface area (TPSA) is 54.9 Å². The molecule has 1 heterocycles. The Balaban J connectivity index is 2.46. The van der Waals surface area contributed by atoms with Crippen LogP contribution >= 0.6 is 27.5 Å². The molecule has 1 unspecified atom stereocenters. The van der Waals surface area contributed by atoms with Gasteiger partial charge in [-0.25, -0.2) is 0 Å². The number of nitrogens with one attached hydrogen (secondary N) is 1. The molecule has 0 radical (unpaired) electrons. The highest BCUT2D eigenvalue weighted by Crippen LogP contribution is 2.19. The van der Waals surface area contributed by atoms with Gasteiger partial charge in [0.2, 0.25) is 0 Å². The molecular weight excluding hydrogens is 302 g/mol. The molecule has 1 amide bonds. The van der Waals surface area contributed by atoms with E-state index in [9.17, 15) is 4.79 Å². The molecular formula is C11H18BrN3OS. The van der Waals surface area contributed by atoms with Crippen molar-refractivity contribution in [3.8, 4) is 0 Å². The molecule has 0 aliphatic carbocycles. The summed E-state index contributed by atoms with van der Waals surface area (Å²) in [7, 11) is 0. The maximum absolute atomic E-state index is 11.8. The van der Waals surface area contributed by atoms with Crippen molar-refractivity contribution < 1.29 is 4.79 Å². The minimum atomic E-state index is -0.0760. The third-order valence-electron chi connectivity index (χ3n) is 2.88. The van der Waals surface area contributed by atoms with Crippen LogP contribution in [0, 0.1) is 12.8 Å². The normalized spacial score (nSPS) is 12.8. The van der Waals surface area contributed by atoms with Gasteiger partial charge < -0.3 is 5.32 Å². The number of aromatic nitrogens is 2. The Morgan fingerprint density at radius 1 is 1.47 bits per heavy atom. The van der Waals surface area contributed by atoms with Crippen molar-refractivity contribution in [2.75, 3.05) is 6.54 Å². The van der Waals surface area contributed by atoms with E-state index in [0.717, 1.165) is 24.4 Å². The van der Waals surface area contributed by atoms with E-state index in [1.165, 1.54) is 0 Å². The Kier molecular flexibility index (Phi) is 6.05. The smallest absolute Gasteiger partial charge is 0.264 e. The molecule has 4 nitrogen and oxygen atoms in total. The Bertz CT molecular complexity index is 365. The fourth-order valence-electron chi connectivity index (χ4n) is 1.68. The summed E-state index contributed by atoms with van der Waals surface area (Å²) in [6, 6.07) is 0. The van der Waals surface area contributed by atoms with Crippen LogP contribution in [0.5, 0.6) is 0 Å². The van der Waals surface area contributed by atoms with Crippen molar-refractivity contribution >= 4 is 33.4 Å². The molecule has 1 aromatic heterocycles. The number of carbonyl (C=O) groups excluding carboxylic acids is 1. The molecule has 1 atom stereocenters. The number of alkyl halides is 1. The van der Waals surface area contributed by atoms with Crippen LogP contribution < -0.4 is 5.32 Å². The van der Waals surface area contributed by atoms with Crippen molar-refractivity contribution in [1.82, 2.24) is 14.9 Å². The summed E-state index contributed by atoms with van der Waals surface area (Å²) in [6.45, 7) is 6.77. The van der Waals surface area contributed by atoms with E-state index in [0.29, 0.717) is 27.9 Å². The second-order valence-electron chi connectivity index (χ2n) is 3.99. The summed E-state index contributed by atoms with van der Waals surface area (Å²) in [4.78, 5) is 12.8. The van der Waals surface area contributed by atoms with Gasteiger partial charge in [-0.1, -0.05) is 47.1 Å². The number of hydrogen-bond donors (Lipinski definition) is 1. The molecule has 0 fully saturated rings. The predicted molar refractivity (Wildman–Crippen MR) is 73.8 cm³/mol. The molecule has 0 saturated heterocycles. The van der Waals surface area contributed by atoms with Gasteiger partial charge in [-0.15, -0.1) is 5.10 Å². The van der Waals surface area contributed by atoms with Crippen molar-refractivity contribution in [3.63, 3.8) is 0 Å². The Morgan fingerprint density at radius 3 is 2.59 bits per heavy atom. The molecule has 96 valence electrons. The van der Waals surface area contributed by atoms with Crippen molar-refractivity contribution in [2.45, 2.75) is 38.4 Å². The third kappa shape index (κ3) is 4.03. The van der Waals surface area contributed by atoms with Crippen LogP contribution in [0.15, 0.2) is 0 Å². The molecule has 1 N–H and O–H groups in total. The van der Waals surface area contributed by atoms with Crippen LogP contribution in [-0.4, -0.2) is 26.9 Å². The lowest BCUT2D eigenvalue weighted by Crippen LogP contribution is -2.32. The fraction of sp³-hybridized carbons (Fsp3) is 0.727. The van der Waals surface area contributed by atoms with E-state index < -0.39 is 0 Å². The first kappa shape index (κ1) is 14.6. The maximum Gasteiger partial charge on any atom is 0.264 e. The van der Waals surface area contributed by atoms with E-state index in [2.05, 4.69) is 44.7 Å². The predicted octanol–water partition coefficient (Wildman–Crippen LogP) is 2.78. The highest BCUT2D eigenvalue weighted by Gasteiger charge is 2.18. The summed E-state index contributed by atoms with van der Waals surface area (Å²) < 4.78 is 3.76. The Morgan fingerprint density at radius 2 is 2.12 bits per heavy atom. The number of halogens is 1. The zero-order valence-corrected chi connectivity index (χ0v) is 12.8. The summed E-state index contributed by atoms with van der Waals surface area (Å²) in [5.74, 6) is 0.517. The quantitative estimate of drug-likeness (QED) is 0.820. The first-order valence-electron chi connectivity index (χ1n) is 5.81. The number of nitrogens with zero attached hydrogens (tertiary/aromatic N) is 2. The third-order valence-corrected chi connectivity index (χ3v) is 4.77. The van der Waals surface area contributed by atoms with Gasteiger partial charge in [0.1, 0.15) is 4.88 Å². The Labute approximate surface area is 114 Å². The zero-order chi connectivity index (χ0) is 12.8. The van der Waals surface area contributed by atoms with Crippen LogP contribution in [0.2, 0.25) is 0 Å². The minimum absolute atomic E-state index is 0.0760. The van der Waals surface area contributed by atoms with E-state index in [4.69, 9.17) is 0 Å². The van der Waals surface area contributed by atoms with Gasteiger partial charge in [-0.3, -0.25) is 4.79 Å². The molecule has 1 rings (SSSR count). The highest BCUT2D eigenvalue weighted by atomic mass is 79.9. The van der Waals surface area contributed by atoms with Gasteiger partial charge in [0.25, 0.3) is 5.91 Å². The largest absolute Gasteiger partial charge is 0.350 e. The highest BCUT2D eigenvalue weighted by molar-refractivity contribution is 9.09. The first-order chi connectivity index (χ1) is 8.10. The lowest BCUT2D eigenvalue weighted by atomic mass is 9.99. The van der Waals surface area contributed by atoms with E-state index in [1.807, 2.05) is 0 Å². The number of amides is 1. The first-order valence-corrected chi connectivity index (χ1v) is 7.50. The van der Waals surface area contributed by atoms with Crippen LogP contribution in [0.1, 0.15) is 42.1 Å². The average Bonchev–Trinajstić information content (AvgIpc) is 2.74. The van der Waals surface area contributed by atoms with E-state index in [-0.39, 0.29) is 5.91 Å². The molecule has 1 aromatic rings. The van der Waals surface area contributed by atoms with Crippen LogP contribution in [0.3, 0.4) is 0 Å². The standard InChI is InChI=1S/C11H18BrN3OS/c1-4-8(5-2)9(12)6-13-11(16)10-7(3)14-15-17-10/h8-9H,4-6H2,1-3H3,(H,13,16). The van der Waals surface area contributed by atoms with Crippen molar-refractivity contribution in [3.05, 3.63) is 10.6 Å². The lowest BCUT2D eigenvalue weighted by Gasteiger charge is -2.19. The maximum atomic E-state index is 11.8. The second-order valence-corrected chi connectivity index (χ2v) is 5.92. The fourth-order valence-corrected chi connectivity index (χ4v) is 3.16. The number of carbonyl (C=O) groups is 1. The molecule has 17 heavy (non-hydrogen) atoms. The van der Waals surface area contributed by atoms with Gasteiger partial charge in [-0.05, 0) is 24.4 Å². The second kappa shape index (κ2) is 7.06. The minimum Gasteiger partial charge on any atom is -0.350 e. The van der Waals surface area contributed by atoms with Gasteiger partial charge in [0.15, 0.2) is 0 Å². The van der Waals surface area contributed by atoms with E-state index in [1.54, 1.807) is 6.92 Å². The molecule has 0 spiro atoms. The monoisotopic (exact) mass is 319 g/mol. The van der Waals surface area contributed by atoms with E-state index >= 15 is 0 Å². The number of aryl methyl sites for hydroxylation is 1. The van der Waals surface area contributed by atoms with Crippen molar-refractivity contribution in [1.29, 1.82) is 0 Å². The summed E-state index contributed by atoms with van der Waals surface area (Å²) in [6.07, 6.45) is 2.23.